The summed E-state index contributed by atoms with van der Waals surface area (Å²) in [6.45, 7) is -0.0393. The molecular formula is C32H36N4O9. The normalized spacial score (nSPS) is 13.8. The molecule has 0 aromatic heterocycles. The smallest absolute Gasteiger partial charge is 0.282 e. The number of hydrogen-bond acceptors (Lipinski definition) is 9. The predicted octanol–water partition coefficient (Wildman–Crippen LogP) is 5.40. The average Bonchev–Trinajstić information content (AvgIpc) is 3.06. The molecule has 45 heavy (non-hydrogen) atoms. The third-order valence-corrected chi connectivity index (χ3v) is 7.91. The summed E-state index contributed by atoms with van der Waals surface area (Å²) in [6.07, 6.45) is 4.76. The van der Waals surface area contributed by atoms with E-state index >= 15 is 0 Å². The topological polar surface area (TPSA) is 163 Å². The first-order valence-corrected chi connectivity index (χ1v) is 14.6. The molecule has 1 saturated carbocycles. The number of non-ortho nitro benzene ring substituents is 1. The quantitative estimate of drug-likeness (QED) is 0.195. The van der Waals surface area contributed by atoms with E-state index in [1.165, 1.54) is 68.7 Å². The summed E-state index contributed by atoms with van der Waals surface area (Å²) in [4.78, 5) is 52.0. The zero-order valence-electron chi connectivity index (χ0n) is 25.4. The Labute approximate surface area is 260 Å². The Kier molecular flexibility index (Phi) is 10.9. The van der Waals surface area contributed by atoms with Gasteiger partial charge in [-0.2, -0.15) is 0 Å². The van der Waals surface area contributed by atoms with Gasteiger partial charge >= 0.3 is 0 Å². The summed E-state index contributed by atoms with van der Waals surface area (Å²) in [5, 5.41) is 26.5. The number of ether oxygens (including phenoxy) is 3. The Bertz CT molecular complexity index is 1540. The van der Waals surface area contributed by atoms with Crippen molar-refractivity contribution in [1.82, 2.24) is 10.2 Å². The Morgan fingerprint density at radius 2 is 1.56 bits per heavy atom. The lowest BCUT2D eigenvalue weighted by Crippen LogP contribution is -2.47. The molecule has 1 atom stereocenters. The largest absolute Gasteiger partial charge is 0.497 e. The van der Waals surface area contributed by atoms with E-state index in [0.717, 1.165) is 37.7 Å². The summed E-state index contributed by atoms with van der Waals surface area (Å²) in [6, 6.07) is 13.1. The van der Waals surface area contributed by atoms with Crippen LogP contribution in [-0.2, 0) is 11.2 Å². The molecule has 238 valence electrons. The third-order valence-electron chi connectivity index (χ3n) is 7.91. The number of nitrogens with zero attached hydrogens (tertiary/aromatic N) is 3. The number of hydrogen-bond donors (Lipinski definition) is 1. The van der Waals surface area contributed by atoms with Gasteiger partial charge in [0.1, 0.15) is 17.4 Å². The highest BCUT2D eigenvalue weighted by atomic mass is 16.6. The maximum absolute atomic E-state index is 14.4. The van der Waals surface area contributed by atoms with Gasteiger partial charge < -0.3 is 24.4 Å². The van der Waals surface area contributed by atoms with Crippen LogP contribution in [-0.4, -0.2) is 60.5 Å². The maximum atomic E-state index is 14.4. The molecule has 1 unspecified atom stereocenters. The van der Waals surface area contributed by atoms with Crippen molar-refractivity contribution in [2.45, 2.75) is 50.6 Å². The Hall–Kier alpha value is -5.20. The number of benzene rings is 3. The lowest BCUT2D eigenvalue weighted by molar-refractivity contribution is -0.385. The lowest BCUT2D eigenvalue weighted by Gasteiger charge is -2.33. The van der Waals surface area contributed by atoms with Crippen molar-refractivity contribution in [3.63, 3.8) is 0 Å². The molecule has 0 spiro atoms. The first kappa shape index (κ1) is 32.7. The monoisotopic (exact) mass is 620 g/mol. The fourth-order valence-electron chi connectivity index (χ4n) is 5.54. The Balaban J connectivity index is 1.82. The van der Waals surface area contributed by atoms with Gasteiger partial charge in [-0.3, -0.25) is 29.8 Å². The second kappa shape index (κ2) is 15.0. The highest BCUT2D eigenvalue weighted by Crippen LogP contribution is 2.32. The van der Waals surface area contributed by atoms with Gasteiger partial charge in [0.2, 0.25) is 5.91 Å². The van der Waals surface area contributed by atoms with Crippen molar-refractivity contribution in [3.05, 3.63) is 97.6 Å². The van der Waals surface area contributed by atoms with Gasteiger partial charge in [0.25, 0.3) is 17.3 Å². The van der Waals surface area contributed by atoms with Crippen LogP contribution in [0.25, 0.3) is 0 Å². The van der Waals surface area contributed by atoms with Crippen molar-refractivity contribution >= 4 is 23.2 Å². The van der Waals surface area contributed by atoms with E-state index in [-0.39, 0.29) is 36.0 Å². The molecule has 13 nitrogen and oxygen atoms in total. The van der Waals surface area contributed by atoms with E-state index in [2.05, 4.69) is 5.32 Å². The van der Waals surface area contributed by atoms with E-state index in [1.807, 2.05) is 0 Å². The Morgan fingerprint density at radius 1 is 0.867 bits per heavy atom. The number of rotatable bonds is 13. The zero-order valence-corrected chi connectivity index (χ0v) is 25.4. The molecule has 1 aliphatic carbocycles. The fraction of sp³-hybridized carbons (Fsp3) is 0.375. The number of nitro groups is 2. The van der Waals surface area contributed by atoms with Crippen LogP contribution in [0, 0.1) is 20.2 Å². The lowest BCUT2D eigenvalue weighted by atomic mass is 9.94. The molecule has 0 saturated heterocycles. The molecule has 13 heteroatoms. The molecule has 1 fully saturated rings. The van der Waals surface area contributed by atoms with E-state index in [4.69, 9.17) is 14.2 Å². The van der Waals surface area contributed by atoms with Gasteiger partial charge in [0, 0.05) is 30.8 Å². The van der Waals surface area contributed by atoms with E-state index in [1.54, 1.807) is 18.2 Å². The van der Waals surface area contributed by atoms with Crippen LogP contribution in [0.5, 0.6) is 17.2 Å². The fourth-order valence-corrected chi connectivity index (χ4v) is 5.54. The van der Waals surface area contributed by atoms with Crippen LogP contribution in [0.15, 0.2) is 60.7 Å². The zero-order chi connectivity index (χ0) is 32.5. The third kappa shape index (κ3) is 7.85. The molecule has 3 aromatic carbocycles. The predicted molar refractivity (Wildman–Crippen MR) is 165 cm³/mol. The van der Waals surface area contributed by atoms with Crippen LogP contribution in [0.3, 0.4) is 0 Å². The van der Waals surface area contributed by atoms with Crippen molar-refractivity contribution in [3.8, 4) is 17.2 Å². The second-order valence-corrected chi connectivity index (χ2v) is 10.7. The molecule has 0 bridgehead atoms. The number of amides is 2. The van der Waals surface area contributed by atoms with E-state index in [9.17, 15) is 29.8 Å². The molecule has 0 radical (unpaired) electrons. The van der Waals surface area contributed by atoms with Crippen LogP contribution in [0.4, 0.5) is 11.4 Å². The van der Waals surface area contributed by atoms with Gasteiger partial charge in [-0.1, -0.05) is 25.3 Å². The molecule has 0 aliphatic heterocycles. The van der Waals surface area contributed by atoms with Crippen LogP contribution >= 0.6 is 0 Å². The number of nitrogens with one attached hydrogen (secondary N) is 1. The summed E-state index contributed by atoms with van der Waals surface area (Å²) >= 11 is 0. The van der Waals surface area contributed by atoms with Gasteiger partial charge in [-0.25, -0.2) is 0 Å². The minimum Gasteiger partial charge on any atom is -0.497 e. The minimum absolute atomic E-state index is 0.0393. The number of methoxy groups -OCH3 is 3. The minimum atomic E-state index is -1.26. The average molecular weight is 621 g/mol. The summed E-state index contributed by atoms with van der Waals surface area (Å²) < 4.78 is 16.0. The highest BCUT2D eigenvalue weighted by Gasteiger charge is 2.36. The van der Waals surface area contributed by atoms with Gasteiger partial charge in [-0.15, -0.1) is 0 Å². The number of nitro benzene ring substituents is 2. The van der Waals surface area contributed by atoms with E-state index in [0.29, 0.717) is 17.1 Å². The van der Waals surface area contributed by atoms with Crippen molar-refractivity contribution in [1.29, 1.82) is 0 Å². The standard InChI is InChI=1S/C32H36N4O9/c1-43-25-14-15-27(36(41)42)26(20-25)32(38)34(18-17-21-9-16-28(44-2)29(19-21)45-3)30(22-10-12-24(13-11-22)35(39)40)31(37)33-23-7-5-4-6-8-23/h9-16,19-20,23,30H,4-8,17-18H2,1-3H3,(H,33,37). The molecular weight excluding hydrogens is 584 g/mol. The second-order valence-electron chi connectivity index (χ2n) is 10.7. The summed E-state index contributed by atoms with van der Waals surface area (Å²) in [7, 11) is 4.39. The molecule has 1 N–H and O–H groups in total. The van der Waals surface area contributed by atoms with Gasteiger partial charge in [-0.05, 0) is 66.8 Å². The van der Waals surface area contributed by atoms with Crippen molar-refractivity contribution < 1.29 is 33.6 Å². The molecule has 4 rings (SSSR count). The van der Waals surface area contributed by atoms with Crippen LogP contribution in [0.1, 0.15) is 59.6 Å². The van der Waals surface area contributed by atoms with Gasteiger partial charge in [0.05, 0.1) is 31.2 Å². The molecule has 3 aromatic rings. The highest BCUT2D eigenvalue weighted by molar-refractivity contribution is 6.01. The number of carbonyl (C=O) groups excluding carboxylic acids is 2. The van der Waals surface area contributed by atoms with Crippen molar-refractivity contribution in [2.75, 3.05) is 27.9 Å². The molecule has 0 heterocycles. The van der Waals surface area contributed by atoms with E-state index < -0.39 is 33.4 Å². The SMILES string of the molecule is COc1ccc([N+](=O)[O-])c(C(=O)N(CCc2ccc(OC)c(OC)c2)C(C(=O)NC2CCCCC2)c2ccc([N+](=O)[O-])cc2)c1. The van der Waals surface area contributed by atoms with Crippen molar-refractivity contribution in [2.24, 2.45) is 0 Å². The number of carbonyl (C=O) groups is 2. The first-order chi connectivity index (χ1) is 21.7. The first-order valence-electron chi connectivity index (χ1n) is 14.6. The molecule has 1 aliphatic rings. The Morgan fingerprint density at radius 3 is 2.16 bits per heavy atom. The summed E-state index contributed by atoms with van der Waals surface area (Å²) in [5.74, 6) is -0.0532. The maximum Gasteiger partial charge on any atom is 0.282 e. The van der Waals surface area contributed by atoms with Crippen LogP contribution in [0.2, 0.25) is 0 Å². The van der Waals surface area contributed by atoms with Gasteiger partial charge in [0.15, 0.2) is 11.5 Å². The van der Waals surface area contributed by atoms with Crippen LogP contribution < -0.4 is 19.5 Å². The molecule has 2 amide bonds. The summed E-state index contributed by atoms with van der Waals surface area (Å²) in [5.41, 5.74) is 0.175.